The Kier molecular flexibility index (Phi) is 5.74. The Morgan fingerprint density at radius 1 is 1.14 bits per heavy atom. The lowest BCUT2D eigenvalue weighted by molar-refractivity contribution is -0.143. The van der Waals surface area contributed by atoms with Crippen LogP contribution >= 0.6 is 0 Å². The van der Waals surface area contributed by atoms with E-state index in [9.17, 15) is 9.90 Å². The van der Waals surface area contributed by atoms with Crippen molar-refractivity contribution in [3.05, 3.63) is 77.4 Å². The maximum atomic E-state index is 11.2. The molecule has 1 unspecified atom stereocenters. The van der Waals surface area contributed by atoms with Crippen molar-refractivity contribution in [3.8, 4) is 0 Å². The second-order valence-electron chi connectivity index (χ2n) is 7.48. The van der Waals surface area contributed by atoms with Gasteiger partial charge in [0.25, 0.3) is 0 Å². The SMILES string of the molecule is O=C(O)[C@@H]1CCCN(CCONC2=CC(c3ccccc3)c3ccccc32)C1. The van der Waals surface area contributed by atoms with E-state index in [2.05, 4.69) is 58.9 Å². The summed E-state index contributed by atoms with van der Waals surface area (Å²) in [5.74, 6) is -0.719. The predicted octanol–water partition coefficient (Wildman–Crippen LogP) is 3.49. The van der Waals surface area contributed by atoms with Gasteiger partial charge in [0.15, 0.2) is 0 Å². The van der Waals surface area contributed by atoms with Crippen LogP contribution < -0.4 is 5.48 Å². The normalized spacial score (nSPS) is 21.8. The van der Waals surface area contributed by atoms with E-state index < -0.39 is 5.97 Å². The average molecular weight is 378 g/mol. The second kappa shape index (κ2) is 8.59. The van der Waals surface area contributed by atoms with Crippen LogP contribution in [0.15, 0.2) is 60.7 Å². The number of carboxylic acids is 1. The van der Waals surface area contributed by atoms with Crippen molar-refractivity contribution in [2.75, 3.05) is 26.2 Å². The number of carboxylic acid groups (broad SMARTS) is 1. The molecule has 1 heterocycles. The quantitative estimate of drug-likeness (QED) is 0.570. The van der Waals surface area contributed by atoms with Crippen molar-refractivity contribution in [1.29, 1.82) is 0 Å². The number of allylic oxidation sites excluding steroid dienone is 1. The number of carbonyl (C=O) groups is 1. The third-order valence-corrected chi connectivity index (χ3v) is 5.62. The molecule has 1 aliphatic carbocycles. The topological polar surface area (TPSA) is 61.8 Å². The highest BCUT2D eigenvalue weighted by molar-refractivity contribution is 5.74. The molecule has 1 fully saturated rings. The monoisotopic (exact) mass is 378 g/mol. The summed E-state index contributed by atoms with van der Waals surface area (Å²) in [5.41, 5.74) is 7.83. The van der Waals surface area contributed by atoms with Crippen LogP contribution in [0.25, 0.3) is 5.70 Å². The summed E-state index contributed by atoms with van der Waals surface area (Å²) < 4.78 is 0. The van der Waals surface area contributed by atoms with Crippen molar-refractivity contribution in [2.45, 2.75) is 18.8 Å². The first-order valence-electron chi connectivity index (χ1n) is 9.91. The zero-order chi connectivity index (χ0) is 19.3. The Hall–Kier alpha value is -2.63. The van der Waals surface area contributed by atoms with Crippen molar-refractivity contribution in [2.24, 2.45) is 5.92 Å². The zero-order valence-electron chi connectivity index (χ0n) is 15.9. The summed E-state index contributed by atoms with van der Waals surface area (Å²) in [4.78, 5) is 19.1. The minimum Gasteiger partial charge on any atom is -0.481 e. The summed E-state index contributed by atoms with van der Waals surface area (Å²) >= 11 is 0. The first kappa shape index (κ1) is 18.7. The number of nitrogens with one attached hydrogen (secondary N) is 1. The number of piperidine rings is 1. The molecule has 146 valence electrons. The van der Waals surface area contributed by atoms with E-state index in [1.54, 1.807) is 0 Å². The average Bonchev–Trinajstić information content (AvgIpc) is 3.11. The lowest BCUT2D eigenvalue weighted by Gasteiger charge is -2.30. The van der Waals surface area contributed by atoms with E-state index in [-0.39, 0.29) is 11.8 Å². The second-order valence-corrected chi connectivity index (χ2v) is 7.48. The van der Waals surface area contributed by atoms with Crippen LogP contribution in [0.1, 0.15) is 35.4 Å². The standard InChI is InChI=1S/C23H26N2O3/c26-23(27)18-9-6-12-25(16-18)13-14-28-24-22-15-21(17-7-2-1-3-8-17)19-10-4-5-11-20(19)22/h1-5,7-8,10-11,15,18,21,24H,6,9,12-14,16H2,(H,26,27)/t18-,21?/m1/s1. The number of aliphatic carboxylic acids is 1. The highest BCUT2D eigenvalue weighted by Crippen LogP contribution is 2.38. The van der Waals surface area contributed by atoms with Gasteiger partial charge in [-0.3, -0.25) is 15.1 Å². The Bertz CT molecular complexity index is 850. The molecule has 0 bridgehead atoms. The van der Waals surface area contributed by atoms with E-state index in [4.69, 9.17) is 4.84 Å². The molecule has 1 saturated heterocycles. The first-order chi connectivity index (χ1) is 13.7. The molecule has 5 heteroatoms. The molecule has 2 aliphatic rings. The smallest absolute Gasteiger partial charge is 0.307 e. The largest absolute Gasteiger partial charge is 0.481 e. The van der Waals surface area contributed by atoms with Crippen molar-refractivity contribution < 1.29 is 14.7 Å². The lowest BCUT2D eigenvalue weighted by atomic mass is 9.93. The fraction of sp³-hybridized carbons (Fsp3) is 0.348. The van der Waals surface area contributed by atoms with Gasteiger partial charge < -0.3 is 10.0 Å². The van der Waals surface area contributed by atoms with Crippen LogP contribution in [0.2, 0.25) is 0 Å². The molecule has 1 aliphatic heterocycles. The zero-order valence-corrected chi connectivity index (χ0v) is 15.9. The van der Waals surface area contributed by atoms with Gasteiger partial charge in [-0.05, 0) is 36.6 Å². The van der Waals surface area contributed by atoms with E-state index in [0.717, 1.165) is 31.6 Å². The summed E-state index contributed by atoms with van der Waals surface area (Å²) in [6.45, 7) is 2.80. The number of hydrogen-bond acceptors (Lipinski definition) is 4. The van der Waals surface area contributed by atoms with Gasteiger partial charge in [-0.2, -0.15) is 0 Å². The van der Waals surface area contributed by atoms with E-state index in [1.165, 1.54) is 16.7 Å². The molecule has 28 heavy (non-hydrogen) atoms. The summed E-state index contributed by atoms with van der Waals surface area (Å²) in [5, 5.41) is 9.21. The molecule has 2 N–H and O–H groups in total. The van der Waals surface area contributed by atoms with Crippen LogP contribution in [-0.4, -0.2) is 42.2 Å². The van der Waals surface area contributed by atoms with E-state index in [0.29, 0.717) is 13.2 Å². The Morgan fingerprint density at radius 3 is 2.75 bits per heavy atom. The van der Waals surface area contributed by atoms with Crippen LogP contribution in [0.3, 0.4) is 0 Å². The summed E-state index contributed by atoms with van der Waals surface area (Å²) in [6.07, 6.45) is 3.92. The van der Waals surface area contributed by atoms with Crippen LogP contribution in [0, 0.1) is 5.92 Å². The van der Waals surface area contributed by atoms with Gasteiger partial charge in [-0.15, -0.1) is 0 Å². The molecular weight excluding hydrogens is 352 g/mol. The minimum atomic E-state index is -0.691. The number of fused-ring (bicyclic) bond motifs is 1. The van der Waals surface area contributed by atoms with Gasteiger partial charge in [0.1, 0.15) is 0 Å². The Labute approximate surface area is 165 Å². The third-order valence-electron chi connectivity index (χ3n) is 5.62. The number of benzene rings is 2. The maximum Gasteiger partial charge on any atom is 0.307 e. The number of rotatable bonds is 7. The summed E-state index contributed by atoms with van der Waals surface area (Å²) in [6, 6.07) is 18.9. The van der Waals surface area contributed by atoms with Gasteiger partial charge in [0, 0.05) is 24.6 Å². The fourth-order valence-electron chi connectivity index (χ4n) is 4.15. The van der Waals surface area contributed by atoms with Gasteiger partial charge in [-0.1, -0.05) is 54.6 Å². The highest BCUT2D eigenvalue weighted by atomic mass is 16.6. The first-order valence-corrected chi connectivity index (χ1v) is 9.91. The molecule has 0 aromatic heterocycles. The number of hydrogen-bond donors (Lipinski definition) is 2. The maximum absolute atomic E-state index is 11.2. The molecule has 0 spiro atoms. The molecule has 0 saturated carbocycles. The highest BCUT2D eigenvalue weighted by Gasteiger charge is 2.26. The van der Waals surface area contributed by atoms with Gasteiger partial charge >= 0.3 is 5.97 Å². The van der Waals surface area contributed by atoms with Gasteiger partial charge in [-0.25, -0.2) is 0 Å². The Balaban J connectivity index is 1.35. The van der Waals surface area contributed by atoms with Gasteiger partial charge in [0.2, 0.25) is 0 Å². The van der Waals surface area contributed by atoms with Gasteiger partial charge in [0.05, 0.1) is 18.2 Å². The molecular formula is C23H26N2O3. The van der Waals surface area contributed by atoms with Crippen LogP contribution in [-0.2, 0) is 9.63 Å². The number of nitrogens with zero attached hydrogens (tertiary/aromatic N) is 1. The van der Waals surface area contributed by atoms with Crippen molar-refractivity contribution in [1.82, 2.24) is 10.4 Å². The molecule has 0 amide bonds. The van der Waals surface area contributed by atoms with Crippen molar-refractivity contribution in [3.63, 3.8) is 0 Å². The number of hydroxylamine groups is 1. The lowest BCUT2D eigenvalue weighted by Crippen LogP contribution is -2.40. The molecule has 0 radical (unpaired) electrons. The molecule has 2 atom stereocenters. The van der Waals surface area contributed by atoms with E-state index >= 15 is 0 Å². The Morgan fingerprint density at radius 2 is 1.93 bits per heavy atom. The predicted molar refractivity (Wildman–Crippen MR) is 109 cm³/mol. The van der Waals surface area contributed by atoms with Crippen LogP contribution in [0.4, 0.5) is 0 Å². The molecule has 5 nitrogen and oxygen atoms in total. The fourth-order valence-corrected chi connectivity index (χ4v) is 4.15. The van der Waals surface area contributed by atoms with Crippen molar-refractivity contribution >= 4 is 11.7 Å². The third kappa shape index (κ3) is 4.11. The number of likely N-dealkylation sites (tertiary alicyclic amines) is 1. The summed E-state index contributed by atoms with van der Waals surface area (Å²) in [7, 11) is 0. The molecule has 2 aromatic carbocycles. The minimum absolute atomic E-state index is 0.224. The molecule has 4 rings (SSSR count). The molecule has 2 aromatic rings. The van der Waals surface area contributed by atoms with E-state index in [1.807, 2.05) is 12.1 Å². The van der Waals surface area contributed by atoms with Crippen LogP contribution in [0.5, 0.6) is 0 Å².